The summed E-state index contributed by atoms with van der Waals surface area (Å²) in [5.74, 6) is 0.0717. The van der Waals surface area contributed by atoms with Crippen molar-refractivity contribution in [2.24, 2.45) is 5.92 Å². The van der Waals surface area contributed by atoms with Crippen LogP contribution < -0.4 is 15.4 Å². The molecule has 1 saturated heterocycles. The summed E-state index contributed by atoms with van der Waals surface area (Å²) in [6, 6.07) is 13.8. The van der Waals surface area contributed by atoms with Crippen molar-refractivity contribution < 1.29 is 9.53 Å². The molecule has 6 nitrogen and oxygen atoms in total. The van der Waals surface area contributed by atoms with Gasteiger partial charge in [-0.3, -0.25) is 4.79 Å². The second-order valence-electron chi connectivity index (χ2n) is 8.12. The number of nitrogens with zero attached hydrogens (tertiary/aromatic N) is 2. The van der Waals surface area contributed by atoms with Crippen LogP contribution in [0.5, 0.6) is 6.01 Å². The predicted molar refractivity (Wildman–Crippen MR) is 138 cm³/mol. The molecule has 178 valence electrons. The van der Waals surface area contributed by atoms with Crippen molar-refractivity contribution in [3.05, 3.63) is 70.5 Å². The molecule has 34 heavy (non-hydrogen) atoms. The maximum absolute atomic E-state index is 12.7. The van der Waals surface area contributed by atoms with Gasteiger partial charge >= 0.3 is 6.01 Å². The average molecular weight is 517 g/mol. The number of rotatable bonds is 9. The van der Waals surface area contributed by atoms with Crippen molar-refractivity contribution in [3.8, 4) is 17.1 Å². The van der Waals surface area contributed by atoms with Gasteiger partial charge in [-0.15, -0.1) is 11.8 Å². The van der Waals surface area contributed by atoms with E-state index in [0.717, 1.165) is 36.2 Å². The Morgan fingerprint density at radius 2 is 1.94 bits per heavy atom. The minimum absolute atomic E-state index is 0.0883. The SMILES string of the molecule is CSc1ccc(-c2cnc(OCC(=O)NC(Cc3cccc(Cl)c3Cl)C3CCNC3)nc2)cc1. The first kappa shape index (κ1) is 24.8. The maximum Gasteiger partial charge on any atom is 0.316 e. The zero-order valence-corrected chi connectivity index (χ0v) is 21.1. The van der Waals surface area contributed by atoms with Gasteiger partial charge in [-0.2, -0.15) is 0 Å². The molecular formula is C25H26Cl2N4O2S. The molecule has 1 aliphatic heterocycles. The molecule has 1 aliphatic rings. The molecule has 1 fully saturated rings. The standard InChI is InChI=1S/C25H26Cl2N4O2S/c1-34-20-7-5-16(6-8-20)19-13-29-25(30-14-19)33-15-23(32)31-22(18-9-10-28-12-18)11-17-3-2-4-21(26)24(17)27/h2-8,13-14,18,22,28H,9-12,15H2,1H3,(H,31,32). The number of amides is 1. The van der Waals surface area contributed by atoms with Gasteiger partial charge in [-0.1, -0.05) is 47.5 Å². The largest absolute Gasteiger partial charge is 0.453 e. The first-order chi connectivity index (χ1) is 16.5. The second kappa shape index (κ2) is 11.9. The topological polar surface area (TPSA) is 76.1 Å². The first-order valence-electron chi connectivity index (χ1n) is 11.1. The van der Waals surface area contributed by atoms with E-state index in [2.05, 4.69) is 32.7 Å². The number of hydrogen-bond donors (Lipinski definition) is 2. The van der Waals surface area contributed by atoms with Crippen LogP contribution in [-0.2, 0) is 11.2 Å². The maximum atomic E-state index is 12.7. The van der Waals surface area contributed by atoms with Crippen molar-refractivity contribution in [1.82, 2.24) is 20.6 Å². The minimum Gasteiger partial charge on any atom is -0.453 e. The van der Waals surface area contributed by atoms with E-state index in [1.807, 2.05) is 30.5 Å². The molecule has 2 heterocycles. The van der Waals surface area contributed by atoms with Crippen LogP contribution in [0.3, 0.4) is 0 Å². The lowest BCUT2D eigenvalue weighted by Gasteiger charge is -2.25. The van der Waals surface area contributed by atoms with E-state index >= 15 is 0 Å². The van der Waals surface area contributed by atoms with Gasteiger partial charge in [0.15, 0.2) is 6.61 Å². The Hall–Kier alpha value is -2.32. The molecule has 2 atom stereocenters. The number of carbonyl (C=O) groups is 1. The van der Waals surface area contributed by atoms with Gasteiger partial charge in [0.05, 0.1) is 10.0 Å². The minimum atomic E-state index is -0.226. The number of thioether (sulfide) groups is 1. The van der Waals surface area contributed by atoms with E-state index in [1.54, 1.807) is 30.2 Å². The van der Waals surface area contributed by atoms with E-state index < -0.39 is 0 Å². The molecule has 0 saturated carbocycles. The van der Waals surface area contributed by atoms with Crippen LogP contribution in [-0.4, -0.2) is 47.9 Å². The summed E-state index contributed by atoms with van der Waals surface area (Å²) < 4.78 is 5.55. The van der Waals surface area contributed by atoms with Gasteiger partial charge in [0, 0.05) is 28.9 Å². The molecular weight excluding hydrogens is 491 g/mol. The molecule has 3 aromatic rings. The fourth-order valence-electron chi connectivity index (χ4n) is 4.00. The molecule has 1 amide bonds. The summed E-state index contributed by atoms with van der Waals surface area (Å²) in [5, 5.41) is 7.51. The van der Waals surface area contributed by atoms with Gasteiger partial charge < -0.3 is 15.4 Å². The highest BCUT2D eigenvalue weighted by atomic mass is 35.5. The van der Waals surface area contributed by atoms with Crippen molar-refractivity contribution in [2.45, 2.75) is 23.8 Å². The molecule has 2 aromatic carbocycles. The van der Waals surface area contributed by atoms with Crippen LogP contribution in [0.25, 0.3) is 11.1 Å². The summed E-state index contributed by atoms with van der Waals surface area (Å²) in [5.41, 5.74) is 2.82. The van der Waals surface area contributed by atoms with Crippen molar-refractivity contribution >= 4 is 40.9 Å². The van der Waals surface area contributed by atoms with Gasteiger partial charge in [0.1, 0.15) is 0 Å². The van der Waals surface area contributed by atoms with E-state index in [4.69, 9.17) is 27.9 Å². The van der Waals surface area contributed by atoms with Gasteiger partial charge in [0.25, 0.3) is 5.91 Å². The van der Waals surface area contributed by atoms with Crippen LogP contribution in [0.2, 0.25) is 10.0 Å². The summed E-state index contributed by atoms with van der Waals surface area (Å²) in [7, 11) is 0. The molecule has 2 unspecified atom stereocenters. The normalized spacial score (nSPS) is 16.3. The van der Waals surface area contributed by atoms with Crippen molar-refractivity contribution in [3.63, 3.8) is 0 Å². The zero-order valence-electron chi connectivity index (χ0n) is 18.8. The quantitative estimate of drug-likeness (QED) is 0.394. The number of halogens is 2. The number of benzene rings is 2. The number of aromatic nitrogens is 2. The number of nitrogens with one attached hydrogen (secondary N) is 2. The Labute approximate surface area is 213 Å². The highest BCUT2D eigenvalue weighted by Gasteiger charge is 2.27. The van der Waals surface area contributed by atoms with Crippen LogP contribution in [0, 0.1) is 5.92 Å². The van der Waals surface area contributed by atoms with E-state index in [1.165, 1.54) is 4.90 Å². The summed E-state index contributed by atoms with van der Waals surface area (Å²) in [6.45, 7) is 1.60. The van der Waals surface area contributed by atoms with E-state index in [-0.39, 0.29) is 24.6 Å². The van der Waals surface area contributed by atoms with Crippen LogP contribution in [0.4, 0.5) is 0 Å². The van der Waals surface area contributed by atoms with E-state index in [0.29, 0.717) is 22.4 Å². The van der Waals surface area contributed by atoms with Crippen molar-refractivity contribution in [1.29, 1.82) is 0 Å². The zero-order chi connectivity index (χ0) is 23.9. The lowest BCUT2D eigenvalue weighted by molar-refractivity contribution is -0.124. The van der Waals surface area contributed by atoms with Crippen molar-refractivity contribution in [2.75, 3.05) is 26.0 Å². The van der Waals surface area contributed by atoms with Gasteiger partial charge in [-0.25, -0.2) is 9.97 Å². The third-order valence-electron chi connectivity index (χ3n) is 5.87. The monoisotopic (exact) mass is 516 g/mol. The fourth-order valence-corrected chi connectivity index (χ4v) is 4.81. The third-order valence-corrected chi connectivity index (χ3v) is 7.47. The molecule has 4 rings (SSSR count). The summed E-state index contributed by atoms with van der Waals surface area (Å²) in [4.78, 5) is 22.4. The Morgan fingerprint density at radius 3 is 2.62 bits per heavy atom. The Morgan fingerprint density at radius 1 is 1.18 bits per heavy atom. The number of hydrogen-bond acceptors (Lipinski definition) is 6. The van der Waals surface area contributed by atoms with Gasteiger partial charge in [0.2, 0.25) is 0 Å². The smallest absolute Gasteiger partial charge is 0.316 e. The van der Waals surface area contributed by atoms with E-state index in [9.17, 15) is 4.79 Å². The van der Waals surface area contributed by atoms with Gasteiger partial charge in [-0.05, 0) is 67.4 Å². The first-order valence-corrected chi connectivity index (χ1v) is 13.0. The molecule has 0 aliphatic carbocycles. The fraction of sp³-hybridized carbons (Fsp3) is 0.320. The average Bonchev–Trinajstić information content (AvgIpc) is 3.40. The number of ether oxygens (including phenoxy) is 1. The lowest BCUT2D eigenvalue weighted by Crippen LogP contribution is -2.44. The molecule has 0 bridgehead atoms. The number of carbonyl (C=O) groups excluding carboxylic acids is 1. The molecule has 9 heteroatoms. The third kappa shape index (κ3) is 6.42. The summed E-state index contributed by atoms with van der Waals surface area (Å²) in [6.07, 6.45) is 7.01. The molecule has 0 radical (unpaired) electrons. The predicted octanol–water partition coefficient (Wildman–Crippen LogP) is 4.89. The Kier molecular flexibility index (Phi) is 8.67. The lowest BCUT2D eigenvalue weighted by atomic mass is 9.92. The van der Waals surface area contributed by atoms with Crippen LogP contribution in [0.15, 0.2) is 59.8 Å². The Bertz CT molecular complexity index is 1110. The highest BCUT2D eigenvalue weighted by molar-refractivity contribution is 7.98. The molecule has 1 aromatic heterocycles. The molecule has 0 spiro atoms. The summed E-state index contributed by atoms with van der Waals surface area (Å²) >= 11 is 14.3. The Balaban J connectivity index is 1.35. The van der Waals surface area contributed by atoms with Crippen LogP contribution in [0.1, 0.15) is 12.0 Å². The second-order valence-corrected chi connectivity index (χ2v) is 9.78. The van der Waals surface area contributed by atoms with Crippen LogP contribution >= 0.6 is 35.0 Å². The molecule has 2 N–H and O–H groups in total. The highest BCUT2D eigenvalue weighted by Crippen LogP contribution is 2.28.